The van der Waals surface area contributed by atoms with E-state index in [1.165, 1.54) is 6.07 Å². The van der Waals surface area contributed by atoms with Crippen LogP contribution in [0.25, 0.3) is 0 Å². The minimum absolute atomic E-state index is 0.219. The van der Waals surface area contributed by atoms with E-state index in [-0.39, 0.29) is 11.9 Å². The van der Waals surface area contributed by atoms with E-state index in [9.17, 15) is 4.39 Å². The zero-order chi connectivity index (χ0) is 12.4. The fraction of sp³-hybridized carbons (Fsp3) is 0.286. The second kappa shape index (κ2) is 4.72. The van der Waals surface area contributed by atoms with Gasteiger partial charge in [-0.05, 0) is 43.5 Å². The van der Waals surface area contributed by atoms with Gasteiger partial charge in [0.2, 0.25) is 0 Å². The summed E-state index contributed by atoms with van der Waals surface area (Å²) in [6.07, 6.45) is 0.444. The predicted molar refractivity (Wildman–Crippen MR) is 65.2 cm³/mol. The zero-order valence-electron chi connectivity index (χ0n) is 10.0. The molecule has 2 rings (SSSR count). The van der Waals surface area contributed by atoms with Crippen LogP contribution in [0.3, 0.4) is 0 Å². The van der Waals surface area contributed by atoms with Gasteiger partial charge >= 0.3 is 0 Å². The third kappa shape index (κ3) is 2.56. The SMILES string of the molecule is Cc1cc(C(N)Cc2ccccc2F)oc1C. The molecular formula is C14H16FNO. The third-order valence-electron chi connectivity index (χ3n) is 2.95. The molecule has 2 nitrogen and oxygen atoms in total. The first-order valence-electron chi connectivity index (χ1n) is 5.64. The molecule has 3 heteroatoms. The van der Waals surface area contributed by atoms with Crippen molar-refractivity contribution in [2.75, 3.05) is 0 Å². The topological polar surface area (TPSA) is 39.2 Å². The van der Waals surface area contributed by atoms with E-state index in [1.807, 2.05) is 26.0 Å². The fourth-order valence-corrected chi connectivity index (χ4v) is 1.79. The van der Waals surface area contributed by atoms with Crippen LogP contribution in [0.1, 0.15) is 28.7 Å². The average molecular weight is 233 g/mol. The molecule has 0 saturated heterocycles. The van der Waals surface area contributed by atoms with Crippen molar-refractivity contribution < 1.29 is 8.81 Å². The maximum Gasteiger partial charge on any atom is 0.126 e. The normalized spacial score (nSPS) is 12.7. The number of furan rings is 1. The van der Waals surface area contributed by atoms with Crippen LogP contribution in [0.4, 0.5) is 4.39 Å². The number of aryl methyl sites for hydroxylation is 2. The van der Waals surface area contributed by atoms with Crippen molar-refractivity contribution in [1.29, 1.82) is 0 Å². The van der Waals surface area contributed by atoms with Gasteiger partial charge in [0.1, 0.15) is 17.3 Å². The van der Waals surface area contributed by atoms with Crippen molar-refractivity contribution in [1.82, 2.24) is 0 Å². The molecule has 1 atom stereocenters. The molecule has 1 aromatic heterocycles. The molecule has 0 aliphatic carbocycles. The summed E-state index contributed by atoms with van der Waals surface area (Å²) in [6, 6.07) is 8.29. The standard InChI is InChI=1S/C14H16FNO/c1-9-7-14(17-10(9)2)13(16)8-11-5-3-4-6-12(11)15/h3-7,13H,8,16H2,1-2H3. The summed E-state index contributed by atoms with van der Waals surface area (Å²) in [7, 11) is 0. The first-order chi connectivity index (χ1) is 8.08. The van der Waals surface area contributed by atoms with Crippen molar-refractivity contribution in [3.8, 4) is 0 Å². The van der Waals surface area contributed by atoms with Crippen LogP contribution in [0, 0.1) is 19.7 Å². The van der Waals surface area contributed by atoms with Crippen molar-refractivity contribution in [2.24, 2.45) is 5.73 Å². The van der Waals surface area contributed by atoms with Gasteiger partial charge in [-0.3, -0.25) is 0 Å². The summed E-state index contributed by atoms with van der Waals surface area (Å²) in [4.78, 5) is 0. The van der Waals surface area contributed by atoms with Gasteiger partial charge in [0.25, 0.3) is 0 Å². The lowest BCUT2D eigenvalue weighted by atomic mass is 10.0. The van der Waals surface area contributed by atoms with Crippen LogP contribution in [0.5, 0.6) is 0 Å². The highest BCUT2D eigenvalue weighted by molar-refractivity contribution is 5.24. The maximum atomic E-state index is 13.5. The highest BCUT2D eigenvalue weighted by Crippen LogP contribution is 2.22. The zero-order valence-corrected chi connectivity index (χ0v) is 10.0. The van der Waals surface area contributed by atoms with Crippen LogP contribution in [0.15, 0.2) is 34.7 Å². The van der Waals surface area contributed by atoms with Crippen LogP contribution in [0.2, 0.25) is 0 Å². The van der Waals surface area contributed by atoms with E-state index in [4.69, 9.17) is 10.2 Å². The molecule has 0 aliphatic rings. The Labute approximate surface area is 100 Å². The Morgan fingerprint density at radius 2 is 2.00 bits per heavy atom. The van der Waals surface area contributed by atoms with E-state index in [0.29, 0.717) is 17.7 Å². The Balaban J connectivity index is 2.17. The molecule has 0 radical (unpaired) electrons. The summed E-state index contributed by atoms with van der Waals surface area (Å²) in [5.74, 6) is 1.36. The number of hydrogen-bond donors (Lipinski definition) is 1. The molecule has 1 aromatic carbocycles. The lowest BCUT2D eigenvalue weighted by Gasteiger charge is -2.09. The van der Waals surface area contributed by atoms with Gasteiger partial charge in [0.05, 0.1) is 6.04 Å². The van der Waals surface area contributed by atoms with Crippen molar-refractivity contribution in [3.63, 3.8) is 0 Å². The molecular weight excluding hydrogens is 217 g/mol. The van der Waals surface area contributed by atoms with Gasteiger partial charge in [-0.2, -0.15) is 0 Å². The lowest BCUT2D eigenvalue weighted by molar-refractivity contribution is 0.441. The van der Waals surface area contributed by atoms with Crippen molar-refractivity contribution in [3.05, 3.63) is 58.8 Å². The Bertz CT molecular complexity index is 499. The Morgan fingerprint density at radius 1 is 1.29 bits per heavy atom. The highest BCUT2D eigenvalue weighted by Gasteiger charge is 2.14. The molecule has 1 heterocycles. The lowest BCUT2D eigenvalue weighted by Crippen LogP contribution is -2.13. The van der Waals surface area contributed by atoms with E-state index in [0.717, 1.165) is 11.3 Å². The van der Waals surface area contributed by atoms with Gasteiger partial charge in [-0.25, -0.2) is 4.39 Å². The van der Waals surface area contributed by atoms with Gasteiger partial charge in [-0.1, -0.05) is 18.2 Å². The Morgan fingerprint density at radius 3 is 2.59 bits per heavy atom. The quantitative estimate of drug-likeness (QED) is 0.883. The minimum Gasteiger partial charge on any atom is -0.464 e. The number of rotatable bonds is 3. The molecule has 0 amide bonds. The summed E-state index contributed by atoms with van der Waals surface area (Å²) in [5, 5.41) is 0. The molecule has 0 fully saturated rings. The van der Waals surface area contributed by atoms with Gasteiger partial charge in [0.15, 0.2) is 0 Å². The molecule has 0 spiro atoms. The van der Waals surface area contributed by atoms with Crippen LogP contribution in [-0.2, 0) is 6.42 Å². The second-order valence-electron chi connectivity index (χ2n) is 4.29. The fourth-order valence-electron chi connectivity index (χ4n) is 1.79. The molecule has 0 aliphatic heterocycles. The van der Waals surface area contributed by atoms with Gasteiger partial charge in [-0.15, -0.1) is 0 Å². The smallest absolute Gasteiger partial charge is 0.126 e. The summed E-state index contributed by atoms with van der Waals surface area (Å²) < 4.78 is 19.0. The van der Waals surface area contributed by atoms with Gasteiger partial charge < -0.3 is 10.2 Å². The molecule has 1 unspecified atom stereocenters. The predicted octanol–water partition coefficient (Wildman–Crippen LogP) is 3.28. The number of hydrogen-bond acceptors (Lipinski definition) is 2. The molecule has 2 aromatic rings. The first-order valence-corrected chi connectivity index (χ1v) is 5.64. The van der Waals surface area contributed by atoms with Crippen LogP contribution in [-0.4, -0.2) is 0 Å². The summed E-state index contributed by atoms with van der Waals surface area (Å²) >= 11 is 0. The first kappa shape index (κ1) is 11.9. The largest absolute Gasteiger partial charge is 0.464 e. The van der Waals surface area contributed by atoms with Crippen LogP contribution < -0.4 is 5.73 Å². The number of halogens is 1. The van der Waals surface area contributed by atoms with E-state index in [1.54, 1.807) is 12.1 Å². The average Bonchev–Trinajstić information content (AvgIpc) is 2.63. The Kier molecular flexibility index (Phi) is 3.29. The third-order valence-corrected chi connectivity index (χ3v) is 2.95. The molecule has 2 N–H and O–H groups in total. The molecule has 90 valence electrons. The van der Waals surface area contributed by atoms with Gasteiger partial charge in [0, 0.05) is 0 Å². The summed E-state index contributed by atoms with van der Waals surface area (Å²) in [5.41, 5.74) is 7.71. The Hall–Kier alpha value is -1.61. The number of nitrogens with two attached hydrogens (primary N) is 1. The van der Waals surface area contributed by atoms with Crippen molar-refractivity contribution >= 4 is 0 Å². The van der Waals surface area contributed by atoms with E-state index in [2.05, 4.69) is 0 Å². The van der Waals surface area contributed by atoms with E-state index < -0.39 is 0 Å². The van der Waals surface area contributed by atoms with Crippen LogP contribution >= 0.6 is 0 Å². The maximum absolute atomic E-state index is 13.5. The molecule has 0 bridgehead atoms. The van der Waals surface area contributed by atoms with Crippen molar-refractivity contribution in [2.45, 2.75) is 26.3 Å². The number of benzene rings is 1. The second-order valence-corrected chi connectivity index (χ2v) is 4.29. The molecule has 17 heavy (non-hydrogen) atoms. The molecule has 0 saturated carbocycles. The minimum atomic E-state index is -0.306. The summed E-state index contributed by atoms with van der Waals surface area (Å²) in [6.45, 7) is 3.87. The van der Waals surface area contributed by atoms with E-state index >= 15 is 0 Å². The highest BCUT2D eigenvalue weighted by atomic mass is 19.1. The monoisotopic (exact) mass is 233 g/mol.